The molecule has 0 spiro atoms. The standard InChI is InChI=1S/C14H22N2O2.Na/c1-12(2)8-6-4-3-5-7-9-18-14(17)13(10-15)11-16;/h12-13H,3-9H2,1-2H3;. The SMILES string of the molecule is CC(C)CCCCCCCOC(=O)C(C#N)C#N.[Na]. The van der Waals surface area contributed by atoms with Crippen molar-refractivity contribution >= 4 is 35.5 Å². The van der Waals surface area contributed by atoms with E-state index in [2.05, 4.69) is 13.8 Å². The first-order valence-electron chi connectivity index (χ1n) is 6.57. The number of hydrogen-bond acceptors (Lipinski definition) is 4. The summed E-state index contributed by atoms with van der Waals surface area (Å²) in [6, 6.07) is 3.19. The van der Waals surface area contributed by atoms with E-state index in [1.54, 1.807) is 12.1 Å². The first-order valence-corrected chi connectivity index (χ1v) is 6.57. The number of carbonyl (C=O) groups excluding carboxylic acids is 1. The summed E-state index contributed by atoms with van der Waals surface area (Å²) in [6.07, 6.45) is 6.70. The van der Waals surface area contributed by atoms with Gasteiger partial charge in [-0.15, -0.1) is 0 Å². The Morgan fingerprint density at radius 2 is 1.58 bits per heavy atom. The topological polar surface area (TPSA) is 73.9 Å². The Labute approximate surface area is 138 Å². The van der Waals surface area contributed by atoms with E-state index >= 15 is 0 Å². The summed E-state index contributed by atoms with van der Waals surface area (Å²) in [7, 11) is 0. The van der Waals surface area contributed by atoms with Crippen LogP contribution in [0.4, 0.5) is 0 Å². The number of unbranched alkanes of at least 4 members (excludes halogenated alkanes) is 4. The monoisotopic (exact) mass is 273 g/mol. The van der Waals surface area contributed by atoms with Gasteiger partial charge in [0.15, 0.2) is 0 Å². The van der Waals surface area contributed by atoms with Gasteiger partial charge in [-0.3, -0.25) is 0 Å². The largest absolute Gasteiger partial charge is 0.464 e. The molecule has 0 fully saturated rings. The Morgan fingerprint density at radius 3 is 2.11 bits per heavy atom. The maximum atomic E-state index is 11.1. The molecule has 0 atom stereocenters. The minimum absolute atomic E-state index is 0. The minimum atomic E-state index is -1.28. The number of nitrogens with zero attached hydrogens (tertiary/aromatic N) is 2. The summed E-state index contributed by atoms with van der Waals surface area (Å²) in [6.45, 7) is 4.75. The Bertz CT molecular complexity index is 304. The Hall–Kier alpha value is -0.550. The van der Waals surface area contributed by atoms with Gasteiger partial charge in [0.2, 0.25) is 5.92 Å². The number of carbonyl (C=O) groups is 1. The molecule has 0 aromatic heterocycles. The molecule has 0 saturated carbocycles. The maximum Gasteiger partial charge on any atom is 0.338 e. The van der Waals surface area contributed by atoms with E-state index in [1.165, 1.54) is 19.3 Å². The fraction of sp³-hybridized carbons (Fsp3) is 0.786. The fourth-order valence-electron chi connectivity index (χ4n) is 1.58. The second kappa shape index (κ2) is 13.9. The van der Waals surface area contributed by atoms with Gasteiger partial charge in [-0.05, 0) is 12.3 Å². The summed E-state index contributed by atoms with van der Waals surface area (Å²) >= 11 is 0. The molecule has 19 heavy (non-hydrogen) atoms. The van der Waals surface area contributed by atoms with Gasteiger partial charge in [-0.1, -0.05) is 46.0 Å². The molecular formula is C14H22N2NaO2. The number of ether oxygens (including phenoxy) is 1. The van der Waals surface area contributed by atoms with E-state index in [1.807, 2.05) is 0 Å². The predicted molar refractivity (Wildman–Crippen MR) is 74.0 cm³/mol. The molecule has 0 N–H and O–H groups in total. The first-order chi connectivity index (χ1) is 8.61. The first kappa shape index (κ1) is 20.8. The molecular weight excluding hydrogens is 251 g/mol. The fourth-order valence-corrected chi connectivity index (χ4v) is 1.58. The number of esters is 1. The zero-order valence-electron chi connectivity index (χ0n) is 12.3. The molecule has 1 radical (unpaired) electrons. The van der Waals surface area contributed by atoms with Crippen LogP contribution in [0.3, 0.4) is 0 Å². The van der Waals surface area contributed by atoms with Crippen molar-refractivity contribution in [2.45, 2.75) is 52.4 Å². The number of nitriles is 2. The molecule has 101 valence electrons. The van der Waals surface area contributed by atoms with Gasteiger partial charge in [0.05, 0.1) is 18.7 Å². The number of hydrogen-bond donors (Lipinski definition) is 0. The van der Waals surface area contributed by atoms with E-state index in [9.17, 15) is 4.79 Å². The molecule has 0 aliphatic carbocycles. The summed E-state index contributed by atoms with van der Waals surface area (Å²) in [5, 5.41) is 16.9. The van der Waals surface area contributed by atoms with Crippen molar-refractivity contribution < 1.29 is 9.53 Å². The molecule has 4 nitrogen and oxygen atoms in total. The molecule has 0 aliphatic rings. The van der Waals surface area contributed by atoms with Gasteiger partial charge in [0, 0.05) is 29.6 Å². The zero-order chi connectivity index (χ0) is 13.8. The second-order valence-corrected chi connectivity index (χ2v) is 4.81. The van der Waals surface area contributed by atoms with E-state index in [-0.39, 0.29) is 29.6 Å². The van der Waals surface area contributed by atoms with Gasteiger partial charge < -0.3 is 4.74 Å². The average Bonchev–Trinajstić information content (AvgIpc) is 2.33. The van der Waals surface area contributed by atoms with Crippen LogP contribution in [0.15, 0.2) is 0 Å². The average molecular weight is 273 g/mol. The Morgan fingerprint density at radius 1 is 1.05 bits per heavy atom. The summed E-state index contributed by atoms with van der Waals surface area (Å²) in [5.41, 5.74) is 0. The van der Waals surface area contributed by atoms with Crippen LogP contribution in [0, 0.1) is 34.5 Å². The van der Waals surface area contributed by atoms with Gasteiger partial charge in [-0.25, -0.2) is 4.79 Å². The van der Waals surface area contributed by atoms with Crippen LogP contribution in [0.5, 0.6) is 0 Å². The molecule has 0 saturated heterocycles. The molecule has 5 heteroatoms. The normalized spacial score (nSPS) is 9.58. The Balaban J connectivity index is 0. The third kappa shape index (κ3) is 12.2. The van der Waals surface area contributed by atoms with Crippen molar-refractivity contribution in [3.63, 3.8) is 0 Å². The minimum Gasteiger partial charge on any atom is -0.464 e. The second-order valence-electron chi connectivity index (χ2n) is 4.81. The molecule has 0 rings (SSSR count). The van der Waals surface area contributed by atoms with Crippen molar-refractivity contribution in [1.29, 1.82) is 10.5 Å². The molecule has 0 aromatic rings. The van der Waals surface area contributed by atoms with Crippen molar-refractivity contribution in [2.75, 3.05) is 6.61 Å². The quantitative estimate of drug-likeness (QED) is 0.368. The van der Waals surface area contributed by atoms with Crippen molar-refractivity contribution in [2.24, 2.45) is 11.8 Å². The molecule has 0 bridgehead atoms. The molecule has 0 amide bonds. The zero-order valence-corrected chi connectivity index (χ0v) is 14.3. The Kier molecular flexibility index (Phi) is 15.2. The predicted octanol–water partition coefficient (Wildman–Crippen LogP) is 2.81. The van der Waals surface area contributed by atoms with Crippen molar-refractivity contribution in [3.05, 3.63) is 0 Å². The van der Waals surface area contributed by atoms with Gasteiger partial charge in [-0.2, -0.15) is 10.5 Å². The van der Waals surface area contributed by atoms with Crippen molar-refractivity contribution in [3.8, 4) is 12.1 Å². The summed E-state index contributed by atoms with van der Waals surface area (Å²) < 4.78 is 4.85. The van der Waals surface area contributed by atoms with E-state index in [0.29, 0.717) is 6.61 Å². The summed E-state index contributed by atoms with van der Waals surface area (Å²) in [5.74, 6) is -1.24. The van der Waals surface area contributed by atoms with Crippen LogP contribution in [0.1, 0.15) is 52.4 Å². The third-order valence-corrected chi connectivity index (χ3v) is 2.66. The van der Waals surface area contributed by atoms with E-state index in [0.717, 1.165) is 25.2 Å². The smallest absolute Gasteiger partial charge is 0.338 e. The van der Waals surface area contributed by atoms with Crippen LogP contribution >= 0.6 is 0 Å². The maximum absolute atomic E-state index is 11.1. The van der Waals surface area contributed by atoms with Crippen molar-refractivity contribution in [1.82, 2.24) is 0 Å². The van der Waals surface area contributed by atoms with Crippen LogP contribution in [0.2, 0.25) is 0 Å². The van der Waals surface area contributed by atoms with Gasteiger partial charge >= 0.3 is 5.97 Å². The van der Waals surface area contributed by atoms with E-state index in [4.69, 9.17) is 15.3 Å². The van der Waals surface area contributed by atoms with Gasteiger partial charge in [0.1, 0.15) is 0 Å². The summed E-state index contributed by atoms with van der Waals surface area (Å²) in [4.78, 5) is 11.1. The molecule has 0 aromatic carbocycles. The van der Waals surface area contributed by atoms with Crippen LogP contribution < -0.4 is 0 Å². The van der Waals surface area contributed by atoms with Crippen LogP contribution in [-0.2, 0) is 9.53 Å². The molecule has 0 heterocycles. The molecule has 0 aliphatic heterocycles. The third-order valence-electron chi connectivity index (χ3n) is 2.66. The number of rotatable bonds is 9. The van der Waals surface area contributed by atoms with E-state index < -0.39 is 11.9 Å². The van der Waals surface area contributed by atoms with Crippen LogP contribution in [0.25, 0.3) is 0 Å². The van der Waals surface area contributed by atoms with Crippen LogP contribution in [-0.4, -0.2) is 42.1 Å². The van der Waals surface area contributed by atoms with Gasteiger partial charge in [0.25, 0.3) is 0 Å². The molecule has 0 unspecified atom stereocenters.